The van der Waals surface area contributed by atoms with Crippen molar-refractivity contribution in [2.75, 3.05) is 19.6 Å². The largest absolute Gasteiger partial charge is 0.330 e. The Morgan fingerprint density at radius 3 is 2.06 bits per heavy atom. The molecule has 3 N–H and O–H groups in total. The first-order chi connectivity index (χ1) is 7.20. The van der Waals surface area contributed by atoms with Crippen molar-refractivity contribution in [3.8, 4) is 0 Å². The average Bonchev–Trinajstić information content (AvgIpc) is 2.14. The predicted molar refractivity (Wildman–Crippen MR) is 73.6 cm³/mol. The van der Waals surface area contributed by atoms with Gasteiger partial charge in [0, 0.05) is 6.54 Å². The summed E-state index contributed by atoms with van der Waals surface area (Å²) >= 11 is 0. The Hall–Kier alpha value is -0.0800. The molecule has 98 valence electrons. The van der Waals surface area contributed by atoms with Gasteiger partial charge in [-0.2, -0.15) is 0 Å². The van der Waals surface area contributed by atoms with Crippen LogP contribution in [0.1, 0.15) is 54.4 Å². The van der Waals surface area contributed by atoms with Crippen molar-refractivity contribution >= 4 is 0 Å². The molecule has 0 radical (unpaired) electrons. The first kappa shape index (κ1) is 15.9. The lowest BCUT2D eigenvalue weighted by atomic mass is 9.84. The fourth-order valence-corrected chi connectivity index (χ4v) is 1.84. The summed E-state index contributed by atoms with van der Waals surface area (Å²) in [7, 11) is 0. The molecule has 0 aromatic rings. The van der Waals surface area contributed by atoms with Crippen molar-refractivity contribution in [2.24, 2.45) is 22.5 Å². The highest BCUT2D eigenvalue weighted by Crippen LogP contribution is 2.24. The van der Waals surface area contributed by atoms with Crippen molar-refractivity contribution in [1.29, 1.82) is 0 Å². The van der Waals surface area contributed by atoms with Crippen LogP contribution in [-0.2, 0) is 0 Å². The van der Waals surface area contributed by atoms with Gasteiger partial charge in [-0.25, -0.2) is 0 Å². The van der Waals surface area contributed by atoms with Gasteiger partial charge in [0.25, 0.3) is 0 Å². The van der Waals surface area contributed by atoms with Gasteiger partial charge in [-0.3, -0.25) is 0 Å². The lowest BCUT2D eigenvalue weighted by Crippen LogP contribution is -2.36. The van der Waals surface area contributed by atoms with E-state index in [9.17, 15) is 0 Å². The van der Waals surface area contributed by atoms with Crippen molar-refractivity contribution in [3.05, 3.63) is 0 Å². The van der Waals surface area contributed by atoms with Crippen molar-refractivity contribution in [1.82, 2.24) is 5.32 Å². The molecule has 0 aromatic heterocycles. The zero-order valence-corrected chi connectivity index (χ0v) is 12.2. The van der Waals surface area contributed by atoms with E-state index >= 15 is 0 Å². The maximum Gasteiger partial charge on any atom is 0.000254 e. The molecule has 2 nitrogen and oxygen atoms in total. The van der Waals surface area contributed by atoms with Crippen LogP contribution in [0.4, 0.5) is 0 Å². The summed E-state index contributed by atoms with van der Waals surface area (Å²) in [5, 5.41) is 3.57. The van der Waals surface area contributed by atoms with Gasteiger partial charge in [0.15, 0.2) is 0 Å². The van der Waals surface area contributed by atoms with E-state index in [1.807, 2.05) is 0 Å². The van der Waals surface area contributed by atoms with Gasteiger partial charge in [0.2, 0.25) is 0 Å². The van der Waals surface area contributed by atoms with Crippen molar-refractivity contribution < 1.29 is 0 Å². The summed E-state index contributed by atoms with van der Waals surface area (Å²) in [6.45, 7) is 16.6. The Bertz CT molecular complexity index is 180. The molecule has 0 aliphatic heterocycles. The normalized spacial score (nSPS) is 15.2. The summed E-state index contributed by atoms with van der Waals surface area (Å²) in [6, 6.07) is 0. The molecule has 2 heteroatoms. The van der Waals surface area contributed by atoms with E-state index < -0.39 is 0 Å². The zero-order valence-electron chi connectivity index (χ0n) is 12.2. The predicted octanol–water partition coefficient (Wildman–Crippen LogP) is 3.02. The second-order valence-corrected chi connectivity index (χ2v) is 7.02. The van der Waals surface area contributed by atoms with Gasteiger partial charge in [-0.05, 0) is 42.7 Å². The van der Waals surface area contributed by atoms with Gasteiger partial charge in [-0.1, -0.05) is 41.5 Å². The van der Waals surface area contributed by atoms with Gasteiger partial charge in [-0.15, -0.1) is 0 Å². The van der Waals surface area contributed by atoms with E-state index in [0.29, 0.717) is 16.7 Å². The van der Waals surface area contributed by atoms with Crippen LogP contribution in [0, 0.1) is 16.7 Å². The highest BCUT2D eigenvalue weighted by atomic mass is 14.9. The Morgan fingerprint density at radius 1 is 1.12 bits per heavy atom. The Kier molecular flexibility index (Phi) is 6.57. The molecular weight excluding hydrogens is 196 g/mol. The Labute approximate surface area is 102 Å². The summed E-state index contributed by atoms with van der Waals surface area (Å²) in [5.74, 6) is 0.604. The molecular formula is C14H32N2. The highest BCUT2D eigenvalue weighted by molar-refractivity contribution is 4.74. The Balaban J connectivity index is 3.89. The molecule has 1 unspecified atom stereocenters. The molecule has 0 saturated carbocycles. The quantitative estimate of drug-likeness (QED) is 0.703. The third-order valence-corrected chi connectivity index (χ3v) is 3.23. The van der Waals surface area contributed by atoms with Crippen LogP contribution in [0.2, 0.25) is 0 Å². The molecule has 0 amide bonds. The van der Waals surface area contributed by atoms with E-state index in [2.05, 4.69) is 46.9 Å². The van der Waals surface area contributed by atoms with Crippen LogP contribution in [0.25, 0.3) is 0 Å². The molecule has 0 saturated heterocycles. The summed E-state index contributed by atoms with van der Waals surface area (Å²) < 4.78 is 0. The molecule has 0 aliphatic rings. The van der Waals surface area contributed by atoms with E-state index in [4.69, 9.17) is 5.73 Å². The first-order valence-corrected chi connectivity index (χ1v) is 6.61. The fraction of sp³-hybridized carbons (Fsp3) is 1.00. The molecule has 1 atom stereocenters. The second-order valence-electron chi connectivity index (χ2n) is 7.02. The lowest BCUT2D eigenvalue weighted by Gasteiger charge is -2.28. The molecule has 0 aliphatic carbocycles. The number of rotatable bonds is 7. The number of nitrogens with one attached hydrogen (secondary N) is 1. The molecule has 0 fully saturated rings. The molecule has 0 rings (SSSR count). The maximum atomic E-state index is 5.82. The van der Waals surface area contributed by atoms with E-state index in [-0.39, 0.29) is 0 Å². The van der Waals surface area contributed by atoms with Gasteiger partial charge >= 0.3 is 0 Å². The SMILES string of the molecule is CCC(C)(C)CNCC(CN)CC(C)(C)C. The average molecular weight is 228 g/mol. The molecule has 0 heterocycles. The minimum atomic E-state index is 0.381. The summed E-state index contributed by atoms with van der Waals surface area (Å²) in [6.07, 6.45) is 2.41. The lowest BCUT2D eigenvalue weighted by molar-refractivity contribution is 0.269. The maximum absolute atomic E-state index is 5.82. The van der Waals surface area contributed by atoms with Crippen LogP contribution in [-0.4, -0.2) is 19.6 Å². The monoisotopic (exact) mass is 228 g/mol. The van der Waals surface area contributed by atoms with Gasteiger partial charge in [0.1, 0.15) is 0 Å². The van der Waals surface area contributed by atoms with Crippen molar-refractivity contribution in [2.45, 2.75) is 54.4 Å². The molecule has 16 heavy (non-hydrogen) atoms. The molecule has 0 spiro atoms. The molecule has 0 bridgehead atoms. The van der Waals surface area contributed by atoms with Crippen LogP contribution >= 0.6 is 0 Å². The van der Waals surface area contributed by atoms with E-state index in [0.717, 1.165) is 19.6 Å². The second kappa shape index (κ2) is 6.61. The third-order valence-electron chi connectivity index (χ3n) is 3.23. The van der Waals surface area contributed by atoms with Crippen LogP contribution < -0.4 is 11.1 Å². The topological polar surface area (TPSA) is 38.0 Å². The fourth-order valence-electron chi connectivity index (χ4n) is 1.84. The third kappa shape index (κ3) is 8.12. The summed E-state index contributed by atoms with van der Waals surface area (Å²) in [4.78, 5) is 0. The van der Waals surface area contributed by atoms with Crippen LogP contribution in [0.5, 0.6) is 0 Å². The Morgan fingerprint density at radius 2 is 1.69 bits per heavy atom. The van der Waals surface area contributed by atoms with E-state index in [1.165, 1.54) is 12.8 Å². The zero-order chi connectivity index (χ0) is 12.8. The molecule has 0 aromatic carbocycles. The first-order valence-electron chi connectivity index (χ1n) is 6.61. The highest BCUT2D eigenvalue weighted by Gasteiger charge is 2.19. The number of hydrogen-bond acceptors (Lipinski definition) is 2. The standard InChI is InChI=1S/C14H32N2/c1-7-14(5,6)11-16-10-12(9-15)8-13(2,3)4/h12,16H,7-11,15H2,1-6H3. The number of nitrogens with two attached hydrogens (primary N) is 1. The van der Waals surface area contributed by atoms with Crippen molar-refractivity contribution in [3.63, 3.8) is 0 Å². The van der Waals surface area contributed by atoms with Gasteiger partial charge < -0.3 is 11.1 Å². The summed E-state index contributed by atoms with van der Waals surface area (Å²) in [5.41, 5.74) is 6.61. The minimum Gasteiger partial charge on any atom is -0.330 e. The van der Waals surface area contributed by atoms with Crippen LogP contribution in [0.15, 0.2) is 0 Å². The van der Waals surface area contributed by atoms with Crippen LogP contribution in [0.3, 0.4) is 0 Å². The minimum absolute atomic E-state index is 0.381. The van der Waals surface area contributed by atoms with Gasteiger partial charge in [0.05, 0.1) is 0 Å². The number of hydrogen-bond donors (Lipinski definition) is 2. The van der Waals surface area contributed by atoms with E-state index in [1.54, 1.807) is 0 Å². The smallest absolute Gasteiger partial charge is 0.000254 e.